The van der Waals surface area contributed by atoms with Crippen LogP contribution in [0, 0.1) is 0 Å². The lowest BCUT2D eigenvalue weighted by Gasteiger charge is -2.34. The Labute approximate surface area is 169 Å². The lowest BCUT2D eigenvalue weighted by atomic mass is 10.1. The second kappa shape index (κ2) is 7.33. The van der Waals surface area contributed by atoms with E-state index < -0.39 is 0 Å². The minimum atomic E-state index is 0.0883. The molecular weight excluding hydrogens is 364 g/mol. The molecule has 0 radical (unpaired) electrons. The third kappa shape index (κ3) is 3.17. The number of benzene rings is 1. The number of nitrogens with zero attached hydrogens (tertiary/aromatic N) is 5. The van der Waals surface area contributed by atoms with Crippen LogP contribution < -0.4 is 4.90 Å². The van der Waals surface area contributed by atoms with Gasteiger partial charge < -0.3 is 9.64 Å². The number of aromatic nitrogens is 5. The van der Waals surface area contributed by atoms with Gasteiger partial charge in [-0.15, -0.1) is 0 Å². The molecule has 5 rings (SSSR count). The number of anilines is 1. The minimum Gasteiger partial charge on any atom is -0.377 e. The molecule has 0 aliphatic carbocycles. The number of pyridine rings is 1. The predicted octanol–water partition coefficient (Wildman–Crippen LogP) is 3.66. The van der Waals surface area contributed by atoms with E-state index in [0.717, 1.165) is 48.0 Å². The normalized spacial score (nSPS) is 18.3. The Bertz CT molecular complexity index is 1110. The van der Waals surface area contributed by atoms with E-state index in [2.05, 4.69) is 70.0 Å². The molecule has 1 fully saturated rings. The molecule has 148 valence electrons. The predicted molar refractivity (Wildman–Crippen MR) is 113 cm³/mol. The van der Waals surface area contributed by atoms with E-state index in [1.165, 1.54) is 5.56 Å². The summed E-state index contributed by atoms with van der Waals surface area (Å²) in [5.41, 5.74) is 4.79. The molecule has 2 atom stereocenters. The van der Waals surface area contributed by atoms with Gasteiger partial charge in [0.25, 0.3) is 0 Å². The molecule has 4 aromatic rings. The van der Waals surface area contributed by atoms with Gasteiger partial charge in [-0.3, -0.25) is 9.78 Å². The zero-order chi connectivity index (χ0) is 19.8. The van der Waals surface area contributed by atoms with Crippen LogP contribution in [0.25, 0.3) is 22.4 Å². The zero-order valence-electron chi connectivity index (χ0n) is 16.6. The number of nitrogens with one attached hydrogen (secondary N) is 1. The second-order valence-corrected chi connectivity index (χ2v) is 7.50. The van der Waals surface area contributed by atoms with Crippen molar-refractivity contribution in [3.8, 4) is 11.4 Å². The first-order valence-corrected chi connectivity index (χ1v) is 10.0. The highest BCUT2D eigenvalue weighted by molar-refractivity contribution is 5.90. The molecule has 1 aliphatic heterocycles. The zero-order valence-corrected chi connectivity index (χ0v) is 16.6. The van der Waals surface area contributed by atoms with Gasteiger partial charge in [-0.1, -0.05) is 30.3 Å². The number of ether oxygens (including phenoxy) is 1. The molecule has 0 bridgehead atoms. The van der Waals surface area contributed by atoms with Crippen LogP contribution >= 0.6 is 0 Å². The number of hydrogen-bond donors (Lipinski definition) is 1. The van der Waals surface area contributed by atoms with Crippen LogP contribution in [0.3, 0.4) is 0 Å². The Morgan fingerprint density at radius 3 is 2.76 bits per heavy atom. The molecule has 1 unspecified atom stereocenters. The van der Waals surface area contributed by atoms with Crippen LogP contribution in [0.5, 0.6) is 0 Å². The highest BCUT2D eigenvalue weighted by Gasteiger charge is 2.24. The number of aromatic amines is 1. The van der Waals surface area contributed by atoms with E-state index in [1.54, 1.807) is 6.20 Å². The van der Waals surface area contributed by atoms with Crippen molar-refractivity contribution in [1.82, 2.24) is 25.0 Å². The van der Waals surface area contributed by atoms with Crippen LogP contribution in [0.1, 0.15) is 25.5 Å². The molecule has 0 spiro atoms. The molecule has 1 aliphatic rings. The van der Waals surface area contributed by atoms with Gasteiger partial charge in [0.15, 0.2) is 0 Å². The molecule has 0 amide bonds. The average molecular weight is 388 g/mol. The first-order chi connectivity index (χ1) is 14.2. The highest BCUT2D eigenvalue weighted by Crippen LogP contribution is 2.31. The van der Waals surface area contributed by atoms with Crippen molar-refractivity contribution in [2.45, 2.75) is 25.9 Å². The maximum Gasteiger partial charge on any atom is 0.137 e. The molecule has 0 saturated carbocycles. The van der Waals surface area contributed by atoms with Gasteiger partial charge in [-0.25, -0.2) is 4.98 Å². The van der Waals surface area contributed by atoms with Crippen molar-refractivity contribution in [3.05, 3.63) is 60.3 Å². The topological polar surface area (TPSA) is 71.9 Å². The van der Waals surface area contributed by atoms with Crippen LogP contribution in [-0.4, -0.2) is 50.8 Å². The van der Waals surface area contributed by atoms with E-state index in [0.29, 0.717) is 6.04 Å². The Balaban J connectivity index is 1.65. The van der Waals surface area contributed by atoms with Gasteiger partial charge >= 0.3 is 0 Å². The fourth-order valence-electron chi connectivity index (χ4n) is 3.97. The lowest BCUT2D eigenvalue weighted by molar-refractivity contribution is 0.0986. The summed E-state index contributed by atoms with van der Waals surface area (Å²) in [7, 11) is 0. The third-order valence-corrected chi connectivity index (χ3v) is 5.60. The molecule has 4 heterocycles. The molecular formula is C22H24N6O. The number of fused-ring (bicyclic) bond motifs is 1. The van der Waals surface area contributed by atoms with E-state index in [1.807, 2.05) is 12.1 Å². The maximum absolute atomic E-state index is 5.59. The summed E-state index contributed by atoms with van der Waals surface area (Å²) in [5, 5.41) is 12.1. The van der Waals surface area contributed by atoms with Crippen molar-refractivity contribution in [1.29, 1.82) is 0 Å². The van der Waals surface area contributed by atoms with E-state index in [9.17, 15) is 0 Å². The van der Waals surface area contributed by atoms with E-state index in [4.69, 9.17) is 14.8 Å². The lowest BCUT2D eigenvalue weighted by Crippen LogP contribution is -2.44. The van der Waals surface area contributed by atoms with E-state index >= 15 is 0 Å². The smallest absolute Gasteiger partial charge is 0.137 e. The molecule has 3 aromatic heterocycles. The van der Waals surface area contributed by atoms with Gasteiger partial charge in [-0.2, -0.15) is 10.2 Å². The molecule has 7 nitrogen and oxygen atoms in total. The summed E-state index contributed by atoms with van der Waals surface area (Å²) in [4.78, 5) is 7.34. The first-order valence-electron chi connectivity index (χ1n) is 10.0. The molecule has 1 N–H and O–H groups in total. The van der Waals surface area contributed by atoms with Crippen molar-refractivity contribution < 1.29 is 4.74 Å². The summed E-state index contributed by atoms with van der Waals surface area (Å²) >= 11 is 0. The first kappa shape index (κ1) is 17.9. The number of rotatable bonds is 4. The fraction of sp³-hybridized carbons (Fsp3) is 0.318. The van der Waals surface area contributed by atoms with Crippen molar-refractivity contribution >= 4 is 16.9 Å². The minimum absolute atomic E-state index is 0.0883. The van der Waals surface area contributed by atoms with Gasteiger partial charge in [-0.05, 0) is 37.6 Å². The molecule has 29 heavy (non-hydrogen) atoms. The number of hydrogen-bond acceptors (Lipinski definition) is 5. The Morgan fingerprint density at radius 1 is 1.14 bits per heavy atom. The third-order valence-electron chi connectivity index (χ3n) is 5.60. The van der Waals surface area contributed by atoms with Gasteiger partial charge in [0.2, 0.25) is 0 Å². The summed E-state index contributed by atoms with van der Waals surface area (Å²) in [6.45, 7) is 6.62. The largest absolute Gasteiger partial charge is 0.377 e. The average Bonchev–Trinajstić information content (AvgIpc) is 3.42. The van der Waals surface area contributed by atoms with E-state index in [-0.39, 0.29) is 6.04 Å². The summed E-state index contributed by atoms with van der Waals surface area (Å²) < 4.78 is 7.64. The summed E-state index contributed by atoms with van der Waals surface area (Å²) in [5.74, 6) is 0.959. The monoisotopic (exact) mass is 388 g/mol. The Morgan fingerprint density at radius 2 is 2.00 bits per heavy atom. The van der Waals surface area contributed by atoms with Crippen molar-refractivity contribution in [2.75, 3.05) is 24.7 Å². The maximum atomic E-state index is 5.59. The van der Waals surface area contributed by atoms with Crippen LogP contribution in [0.15, 0.2) is 54.7 Å². The van der Waals surface area contributed by atoms with Crippen LogP contribution in [0.2, 0.25) is 0 Å². The summed E-state index contributed by atoms with van der Waals surface area (Å²) in [6.07, 6.45) is 1.74. The molecule has 7 heteroatoms. The number of morpholine rings is 1. The van der Waals surface area contributed by atoms with Crippen molar-refractivity contribution in [2.24, 2.45) is 0 Å². The Kier molecular flexibility index (Phi) is 4.52. The molecule has 1 aromatic carbocycles. The second-order valence-electron chi connectivity index (χ2n) is 7.50. The quantitative estimate of drug-likeness (QED) is 0.578. The Hall–Kier alpha value is -3.19. The van der Waals surface area contributed by atoms with Gasteiger partial charge in [0.1, 0.15) is 17.0 Å². The summed E-state index contributed by atoms with van der Waals surface area (Å²) in [6, 6.07) is 17.0. The molecule has 1 saturated heterocycles. The van der Waals surface area contributed by atoms with Crippen LogP contribution in [0.4, 0.5) is 5.82 Å². The highest BCUT2D eigenvalue weighted by atomic mass is 16.5. The van der Waals surface area contributed by atoms with Gasteiger partial charge in [0.05, 0.1) is 36.5 Å². The fourth-order valence-corrected chi connectivity index (χ4v) is 3.97. The standard InChI is InChI=1S/C22H24N6O/c1-15-14-29-13-12-27(15)20-9-8-19-22(24-20)21(18-10-11-23-25-18)26-28(19)16(2)17-6-4-3-5-7-17/h3-11,15-16H,12-14H2,1-2H3,(H,23,25)/t15-,16?/m1/s1. The SMILES string of the molecule is CC(c1ccccc1)n1nc(-c2ccn[nH]2)c2nc(N3CCOC[C@H]3C)ccc21. The van der Waals surface area contributed by atoms with Crippen molar-refractivity contribution in [3.63, 3.8) is 0 Å². The van der Waals surface area contributed by atoms with Gasteiger partial charge in [0, 0.05) is 12.7 Å². The van der Waals surface area contributed by atoms with Crippen LogP contribution in [-0.2, 0) is 4.74 Å². The number of H-pyrrole nitrogens is 1.